The van der Waals surface area contributed by atoms with E-state index in [-0.39, 0.29) is 11.9 Å². The molecule has 142 valence electrons. The molecule has 1 atom stereocenters. The van der Waals surface area contributed by atoms with Crippen molar-refractivity contribution in [1.29, 1.82) is 0 Å². The minimum atomic E-state index is 0.0876. The van der Waals surface area contributed by atoms with Crippen LogP contribution in [0.5, 0.6) is 0 Å². The third-order valence-corrected chi connectivity index (χ3v) is 5.50. The summed E-state index contributed by atoms with van der Waals surface area (Å²) in [7, 11) is 2.15. The van der Waals surface area contributed by atoms with E-state index in [0.29, 0.717) is 6.42 Å². The van der Waals surface area contributed by atoms with Gasteiger partial charge in [0.2, 0.25) is 11.9 Å². The SMILES string of the molecule is CN1CCN(c2ncc3c(n2)CC[C@@H](NC(=O)Cc2ccccc2)C3)CC1. The van der Waals surface area contributed by atoms with Crippen LogP contribution in [-0.4, -0.2) is 60.0 Å². The van der Waals surface area contributed by atoms with Gasteiger partial charge in [0.1, 0.15) is 0 Å². The van der Waals surface area contributed by atoms with E-state index in [1.165, 1.54) is 5.56 Å². The van der Waals surface area contributed by atoms with Crippen LogP contribution in [0.4, 0.5) is 5.95 Å². The topological polar surface area (TPSA) is 61.4 Å². The Morgan fingerprint density at radius 3 is 2.74 bits per heavy atom. The Hall–Kier alpha value is -2.47. The van der Waals surface area contributed by atoms with Crippen molar-refractivity contribution in [3.05, 3.63) is 53.3 Å². The van der Waals surface area contributed by atoms with E-state index >= 15 is 0 Å². The van der Waals surface area contributed by atoms with Crippen LogP contribution in [0.2, 0.25) is 0 Å². The summed E-state index contributed by atoms with van der Waals surface area (Å²) in [6, 6.07) is 10.1. The zero-order chi connectivity index (χ0) is 18.6. The van der Waals surface area contributed by atoms with Gasteiger partial charge in [0.25, 0.3) is 0 Å². The molecule has 27 heavy (non-hydrogen) atoms. The van der Waals surface area contributed by atoms with Gasteiger partial charge in [-0.25, -0.2) is 9.97 Å². The number of piperazine rings is 1. The maximum Gasteiger partial charge on any atom is 0.225 e. The van der Waals surface area contributed by atoms with Gasteiger partial charge in [0, 0.05) is 44.1 Å². The molecule has 4 rings (SSSR count). The quantitative estimate of drug-likeness (QED) is 0.889. The second kappa shape index (κ2) is 8.05. The maximum absolute atomic E-state index is 12.3. The van der Waals surface area contributed by atoms with Gasteiger partial charge in [-0.2, -0.15) is 0 Å². The van der Waals surface area contributed by atoms with E-state index in [9.17, 15) is 4.79 Å². The molecule has 0 saturated carbocycles. The highest BCUT2D eigenvalue weighted by Gasteiger charge is 2.24. The molecule has 1 N–H and O–H groups in total. The fraction of sp³-hybridized carbons (Fsp3) is 0.476. The lowest BCUT2D eigenvalue weighted by Crippen LogP contribution is -2.45. The van der Waals surface area contributed by atoms with Crippen molar-refractivity contribution < 1.29 is 4.79 Å². The van der Waals surface area contributed by atoms with Crippen molar-refractivity contribution >= 4 is 11.9 Å². The second-order valence-electron chi connectivity index (χ2n) is 7.60. The second-order valence-corrected chi connectivity index (χ2v) is 7.60. The van der Waals surface area contributed by atoms with Crippen LogP contribution in [0.25, 0.3) is 0 Å². The largest absolute Gasteiger partial charge is 0.353 e. The molecule has 2 heterocycles. The van der Waals surface area contributed by atoms with Gasteiger partial charge in [-0.05, 0) is 37.4 Å². The Kier molecular flexibility index (Phi) is 5.34. The summed E-state index contributed by atoms with van der Waals surface area (Å²) < 4.78 is 0. The third-order valence-electron chi connectivity index (χ3n) is 5.50. The Morgan fingerprint density at radius 1 is 1.19 bits per heavy atom. The normalized spacial score (nSPS) is 20.2. The van der Waals surface area contributed by atoms with Gasteiger partial charge in [0.15, 0.2) is 0 Å². The van der Waals surface area contributed by atoms with Crippen molar-refractivity contribution in [2.75, 3.05) is 38.1 Å². The van der Waals surface area contributed by atoms with Crippen LogP contribution >= 0.6 is 0 Å². The average molecular weight is 365 g/mol. The lowest BCUT2D eigenvalue weighted by molar-refractivity contribution is -0.121. The van der Waals surface area contributed by atoms with Crippen molar-refractivity contribution in [1.82, 2.24) is 20.2 Å². The van der Waals surface area contributed by atoms with E-state index in [0.717, 1.165) is 62.6 Å². The van der Waals surface area contributed by atoms with Gasteiger partial charge in [0.05, 0.1) is 6.42 Å². The van der Waals surface area contributed by atoms with Gasteiger partial charge in [-0.1, -0.05) is 30.3 Å². The molecule has 1 aliphatic carbocycles. The Bertz CT molecular complexity index is 786. The standard InChI is InChI=1S/C21H27N5O/c1-25-9-11-26(12-10-25)21-22-15-17-14-18(7-8-19(17)24-21)23-20(27)13-16-5-3-2-4-6-16/h2-6,15,18H,7-14H2,1H3,(H,23,27)/t18-/m1/s1. The van der Waals surface area contributed by atoms with Crippen LogP contribution in [0, 0.1) is 0 Å². The maximum atomic E-state index is 12.3. The van der Waals surface area contributed by atoms with Crippen LogP contribution in [0.1, 0.15) is 23.2 Å². The predicted octanol–water partition coefficient (Wildman–Crippen LogP) is 1.44. The fourth-order valence-electron chi connectivity index (χ4n) is 3.84. The van der Waals surface area contributed by atoms with Crippen molar-refractivity contribution in [3.8, 4) is 0 Å². The number of carbonyl (C=O) groups is 1. The molecule has 1 aromatic heterocycles. The van der Waals surface area contributed by atoms with Gasteiger partial charge >= 0.3 is 0 Å². The number of nitrogens with zero attached hydrogens (tertiary/aromatic N) is 4. The van der Waals surface area contributed by atoms with E-state index in [4.69, 9.17) is 4.98 Å². The predicted molar refractivity (Wildman–Crippen MR) is 106 cm³/mol. The number of amides is 1. The molecule has 1 aromatic carbocycles. The molecule has 1 aliphatic heterocycles. The molecular formula is C21H27N5O. The number of benzene rings is 1. The molecule has 2 aromatic rings. The number of nitrogens with one attached hydrogen (secondary N) is 1. The number of hydrogen-bond acceptors (Lipinski definition) is 5. The first-order chi connectivity index (χ1) is 13.2. The van der Waals surface area contributed by atoms with E-state index in [1.807, 2.05) is 36.5 Å². The lowest BCUT2D eigenvalue weighted by atomic mass is 9.92. The van der Waals surface area contributed by atoms with Crippen LogP contribution in [0.3, 0.4) is 0 Å². The summed E-state index contributed by atoms with van der Waals surface area (Å²) in [6.45, 7) is 4.06. The van der Waals surface area contributed by atoms with Crippen LogP contribution in [0.15, 0.2) is 36.5 Å². The molecule has 6 nitrogen and oxygen atoms in total. The summed E-state index contributed by atoms with van der Waals surface area (Å²) in [5.74, 6) is 0.943. The molecule has 2 aliphatic rings. The van der Waals surface area contributed by atoms with Crippen molar-refractivity contribution in [2.45, 2.75) is 31.7 Å². The number of hydrogen-bond donors (Lipinski definition) is 1. The molecule has 0 unspecified atom stereocenters. The minimum absolute atomic E-state index is 0.0876. The van der Waals surface area contributed by atoms with E-state index < -0.39 is 0 Å². The Morgan fingerprint density at radius 2 is 1.96 bits per heavy atom. The van der Waals surface area contributed by atoms with Crippen molar-refractivity contribution in [2.24, 2.45) is 0 Å². The Balaban J connectivity index is 1.35. The van der Waals surface area contributed by atoms with E-state index in [2.05, 4.69) is 27.1 Å². The van der Waals surface area contributed by atoms with E-state index in [1.54, 1.807) is 0 Å². The molecule has 0 bridgehead atoms. The van der Waals surface area contributed by atoms with Gasteiger partial charge in [-0.15, -0.1) is 0 Å². The third kappa shape index (κ3) is 4.45. The molecule has 1 saturated heterocycles. The number of rotatable bonds is 4. The summed E-state index contributed by atoms with van der Waals surface area (Å²) in [6.07, 6.45) is 5.05. The van der Waals surface area contributed by atoms with Crippen molar-refractivity contribution in [3.63, 3.8) is 0 Å². The molecular weight excluding hydrogens is 338 g/mol. The summed E-state index contributed by atoms with van der Waals surface area (Å²) in [5.41, 5.74) is 3.36. The highest BCUT2D eigenvalue weighted by molar-refractivity contribution is 5.78. The number of aryl methyl sites for hydroxylation is 1. The highest BCUT2D eigenvalue weighted by atomic mass is 16.1. The molecule has 1 fully saturated rings. The Labute approximate surface area is 160 Å². The first kappa shape index (κ1) is 17.9. The number of likely N-dealkylation sites (N-methyl/N-ethyl adjacent to an activating group) is 1. The van der Waals surface area contributed by atoms with Crippen LogP contribution < -0.4 is 10.2 Å². The number of aromatic nitrogens is 2. The van der Waals surface area contributed by atoms with Gasteiger partial charge < -0.3 is 15.1 Å². The molecule has 6 heteroatoms. The monoisotopic (exact) mass is 365 g/mol. The number of carbonyl (C=O) groups excluding carboxylic acids is 1. The number of fused-ring (bicyclic) bond motifs is 1. The summed E-state index contributed by atoms with van der Waals surface area (Å²) in [5, 5.41) is 3.18. The molecule has 0 radical (unpaired) electrons. The lowest BCUT2D eigenvalue weighted by Gasteiger charge is -2.33. The zero-order valence-electron chi connectivity index (χ0n) is 15.9. The van der Waals surface area contributed by atoms with Gasteiger partial charge in [-0.3, -0.25) is 4.79 Å². The fourth-order valence-corrected chi connectivity index (χ4v) is 3.84. The average Bonchev–Trinajstić information content (AvgIpc) is 2.69. The number of anilines is 1. The minimum Gasteiger partial charge on any atom is -0.353 e. The molecule has 0 spiro atoms. The zero-order valence-corrected chi connectivity index (χ0v) is 15.9. The summed E-state index contributed by atoms with van der Waals surface area (Å²) in [4.78, 5) is 26.4. The summed E-state index contributed by atoms with van der Waals surface area (Å²) >= 11 is 0. The smallest absolute Gasteiger partial charge is 0.225 e. The highest BCUT2D eigenvalue weighted by Crippen LogP contribution is 2.22. The first-order valence-corrected chi connectivity index (χ1v) is 9.79. The molecule has 1 amide bonds. The van der Waals surface area contributed by atoms with Crippen LogP contribution in [-0.2, 0) is 24.1 Å². The first-order valence-electron chi connectivity index (χ1n) is 9.79.